The van der Waals surface area contributed by atoms with Crippen molar-refractivity contribution in [2.45, 2.75) is 11.8 Å². The fourth-order valence-corrected chi connectivity index (χ4v) is 4.84. The Morgan fingerprint density at radius 1 is 0.818 bits per heavy atom. The molecule has 0 aliphatic rings. The second-order valence-electron chi connectivity index (χ2n) is 7.71. The van der Waals surface area contributed by atoms with E-state index in [0.29, 0.717) is 17.0 Å². The van der Waals surface area contributed by atoms with Crippen LogP contribution in [0.5, 0.6) is 0 Å². The van der Waals surface area contributed by atoms with Crippen LogP contribution in [0, 0.1) is 6.92 Å². The van der Waals surface area contributed by atoms with E-state index >= 15 is 0 Å². The molecule has 33 heavy (non-hydrogen) atoms. The molecule has 5 aromatic rings. The van der Waals surface area contributed by atoms with Gasteiger partial charge in [0.1, 0.15) is 5.58 Å². The molecule has 6 nitrogen and oxygen atoms in total. The minimum absolute atomic E-state index is 0.0963. The van der Waals surface area contributed by atoms with Crippen molar-refractivity contribution in [1.82, 2.24) is 0 Å². The van der Waals surface area contributed by atoms with Gasteiger partial charge in [0.05, 0.1) is 10.6 Å². The molecule has 0 aliphatic heterocycles. The summed E-state index contributed by atoms with van der Waals surface area (Å²) in [5.41, 5.74) is 2.43. The van der Waals surface area contributed by atoms with Crippen molar-refractivity contribution < 1.29 is 17.6 Å². The first-order valence-corrected chi connectivity index (χ1v) is 11.8. The number of aryl methyl sites for hydroxylation is 1. The monoisotopic (exact) mass is 456 g/mol. The summed E-state index contributed by atoms with van der Waals surface area (Å²) in [5, 5.41) is 5.69. The Hall–Kier alpha value is -4.10. The van der Waals surface area contributed by atoms with Gasteiger partial charge in [-0.25, -0.2) is 8.42 Å². The Morgan fingerprint density at radius 3 is 2.33 bits per heavy atom. The third-order valence-electron chi connectivity index (χ3n) is 5.46. The number of para-hydroxylation sites is 1. The summed E-state index contributed by atoms with van der Waals surface area (Å²) in [6.45, 7) is 1.83. The van der Waals surface area contributed by atoms with Gasteiger partial charge in [-0.1, -0.05) is 48.5 Å². The second-order valence-corrected chi connectivity index (χ2v) is 9.39. The zero-order valence-electron chi connectivity index (χ0n) is 17.7. The van der Waals surface area contributed by atoms with Gasteiger partial charge in [-0.3, -0.25) is 9.52 Å². The number of hydrogen-bond donors (Lipinski definition) is 2. The molecular formula is C26H20N2O4S. The normalized spacial score (nSPS) is 11.5. The van der Waals surface area contributed by atoms with Crippen LogP contribution in [0.15, 0.2) is 100 Å². The molecule has 2 N–H and O–H groups in total. The van der Waals surface area contributed by atoms with Gasteiger partial charge in [0, 0.05) is 11.1 Å². The molecule has 7 heteroatoms. The standard InChI is InChI=1S/C26H20N2O4S/c1-17-6-2-5-9-23(17)28-33(30,31)20-13-11-19(12-14-20)27-26(29)25-16-22-21-8-4-3-7-18(21)10-15-24(22)32-25/h2-16,28H,1H3,(H,27,29). The van der Waals surface area contributed by atoms with Gasteiger partial charge in [0.2, 0.25) is 0 Å². The van der Waals surface area contributed by atoms with Crippen LogP contribution in [0.2, 0.25) is 0 Å². The van der Waals surface area contributed by atoms with Gasteiger partial charge < -0.3 is 9.73 Å². The number of hydrogen-bond acceptors (Lipinski definition) is 4. The number of fused-ring (bicyclic) bond motifs is 3. The van der Waals surface area contributed by atoms with Crippen LogP contribution >= 0.6 is 0 Å². The van der Waals surface area contributed by atoms with Crippen molar-refractivity contribution in [3.63, 3.8) is 0 Å². The van der Waals surface area contributed by atoms with Crippen molar-refractivity contribution in [3.05, 3.63) is 102 Å². The number of anilines is 2. The summed E-state index contributed by atoms with van der Waals surface area (Å²) in [7, 11) is -3.75. The highest BCUT2D eigenvalue weighted by molar-refractivity contribution is 7.92. The zero-order valence-corrected chi connectivity index (χ0v) is 18.5. The van der Waals surface area contributed by atoms with Crippen LogP contribution in [-0.2, 0) is 10.0 Å². The largest absolute Gasteiger partial charge is 0.451 e. The SMILES string of the molecule is Cc1ccccc1NS(=O)(=O)c1ccc(NC(=O)c2cc3c(ccc4ccccc43)o2)cc1. The van der Waals surface area contributed by atoms with E-state index in [9.17, 15) is 13.2 Å². The van der Waals surface area contributed by atoms with Crippen molar-refractivity contribution in [1.29, 1.82) is 0 Å². The molecule has 0 saturated carbocycles. The molecule has 5 rings (SSSR count). The minimum Gasteiger partial charge on any atom is -0.451 e. The third kappa shape index (κ3) is 4.06. The van der Waals surface area contributed by atoms with Gasteiger partial charge in [-0.2, -0.15) is 0 Å². The summed E-state index contributed by atoms with van der Waals surface area (Å²) in [4.78, 5) is 12.8. The van der Waals surface area contributed by atoms with E-state index in [1.54, 1.807) is 30.3 Å². The first-order chi connectivity index (χ1) is 15.9. The molecule has 0 bridgehead atoms. The maximum Gasteiger partial charge on any atom is 0.291 e. The highest BCUT2D eigenvalue weighted by atomic mass is 32.2. The average molecular weight is 457 g/mol. The molecular weight excluding hydrogens is 436 g/mol. The lowest BCUT2D eigenvalue weighted by Crippen LogP contribution is -2.14. The Bertz CT molecular complexity index is 1600. The Balaban J connectivity index is 1.35. The molecule has 0 saturated heterocycles. The lowest BCUT2D eigenvalue weighted by Gasteiger charge is -2.11. The van der Waals surface area contributed by atoms with Crippen LogP contribution in [0.25, 0.3) is 21.7 Å². The van der Waals surface area contributed by atoms with Crippen LogP contribution in [0.1, 0.15) is 16.1 Å². The summed E-state index contributed by atoms with van der Waals surface area (Å²) in [5.74, 6) is -0.233. The van der Waals surface area contributed by atoms with Gasteiger partial charge >= 0.3 is 0 Å². The Kier molecular flexibility index (Phi) is 5.11. The van der Waals surface area contributed by atoms with E-state index in [0.717, 1.165) is 21.7 Å². The number of carbonyl (C=O) groups is 1. The minimum atomic E-state index is -3.75. The first-order valence-electron chi connectivity index (χ1n) is 10.3. The summed E-state index contributed by atoms with van der Waals surface area (Å²) >= 11 is 0. The molecule has 1 amide bonds. The number of amides is 1. The summed E-state index contributed by atoms with van der Waals surface area (Å²) < 4.78 is 33.7. The van der Waals surface area contributed by atoms with Gasteiger partial charge in [-0.15, -0.1) is 0 Å². The molecule has 0 fully saturated rings. The number of furan rings is 1. The van der Waals surface area contributed by atoms with E-state index in [1.165, 1.54) is 12.1 Å². The summed E-state index contributed by atoms with van der Waals surface area (Å²) in [6.07, 6.45) is 0. The molecule has 1 aromatic heterocycles. The first kappa shape index (κ1) is 20.8. The highest BCUT2D eigenvalue weighted by Crippen LogP contribution is 2.28. The number of nitrogens with one attached hydrogen (secondary N) is 2. The van der Waals surface area contributed by atoms with Crippen molar-refractivity contribution in [3.8, 4) is 0 Å². The van der Waals surface area contributed by atoms with Crippen molar-refractivity contribution in [2.24, 2.45) is 0 Å². The van der Waals surface area contributed by atoms with Crippen molar-refractivity contribution in [2.75, 3.05) is 10.0 Å². The smallest absolute Gasteiger partial charge is 0.291 e. The Labute approximate surface area is 190 Å². The molecule has 164 valence electrons. The maximum atomic E-state index is 12.7. The molecule has 1 heterocycles. The second kappa shape index (κ2) is 8.11. The van der Waals surface area contributed by atoms with Crippen LogP contribution < -0.4 is 10.0 Å². The lowest BCUT2D eigenvalue weighted by atomic mass is 10.1. The predicted octanol–water partition coefficient (Wildman–Crippen LogP) is 5.95. The fraction of sp³-hybridized carbons (Fsp3) is 0.0385. The van der Waals surface area contributed by atoms with Gasteiger partial charge in [-0.05, 0) is 65.7 Å². The van der Waals surface area contributed by atoms with Crippen LogP contribution in [-0.4, -0.2) is 14.3 Å². The quantitative estimate of drug-likeness (QED) is 0.342. The van der Waals surface area contributed by atoms with Gasteiger partial charge in [0.15, 0.2) is 5.76 Å². The van der Waals surface area contributed by atoms with Crippen LogP contribution in [0.3, 0.4) is 0 Å². The van der Waals surface area contributed by atoms with E-state index in [2.05, 4.69) is 10.0 Å². The number of carbonyl (C=O) groups excluding carboxylic acids is 1. The fourth-order valence-electron chi connectivity index (χ4n) is 3.71. The topological polar surface area (TPSA) is 88.4 Å². The van der Waals surface area contributed by atoms with Gasteiger partial charge in [0.25, 0.3) is 15.9 Å². The third-order valence-corrected chi connectivity index (χ3v) is 6.84. The van der Waals surface area contributed by atoms with E-state index in [4.69, 9.17) is 4.42 Å². The lowest BCUT2D eigenvalue weighted by molar-refractivity contribution is 0.0998. The highest BCUT2D eigenvalue weighted by Gasteiger charge is 2.17. The van der Waals surface area contributed by atoms with E-state index in [1.807, 2.05) is 55.5 Å². The zero-order chi connectivity index (χ0) is 23.0. The summed E-state index contributed by atoms with van der Waals surface area (Å²) in [6, 6.07) is 26.5. The maximum absolute atomic E-state index is 12.7. The molecule has 0 radical (unpaired) electrons. The number of sulfonamides is 1. The molecule has 0 aliphatic carbocycles. The van der Waals surface area contributed by atoms with Crippen molar-refractivity contribution >= 4 is 49.0 Å². The number of benzene rings is 4. The molecule has 0 spiro atoms. The van der Waals surface area contributed by atoms with Crippen LogP contribution in [0.4, 0.5) is 11.4 Å². The molecule has 4 aromatic carbocycles. The average Bonchev–Trinajstić information content (AvgIpc) is 3.26. The molecule has 0 unspecified atom stereocenters. The predicted molar refractivity (Wildman–Crippen MR) is 130 cm³/mol. The van der Waals surface area contributed by atoms with E-state index < -0.39 is 15.9 Å². The van der Waals surface area contributed by atoms with E-state index in [-0.39, 0.29) is 10.7 Å². The number of rotatable bonds is 5. The Morgan fingerprint density at radius 2 is 1.55 bits per heavy atom. The molecule has 0 atom stereocenters.